The smallest absolute Gasteiger partial charge is 0.227 e. The largest absolute Gasteiger partial charge is 0.343 e. The number of hydrogen-bond acceptors (Lipinski definition) is 5. The van der Waals surface area contributed by atoms with Gasteiger partial charge in [0, 0.05) is 37.5 Å². The number of rotatable bonds is 5. The number of aromatic nitrogens is 2. The summed E-state index contributed by atoms with van der Waals surface area (Å²) in [4.78, 5) is 18.4. The average Bonchev–Trinajstić information content (AvgIpc) is 3.11. The molecule has 2 heterocycles. The van der Waals surface area contributed by atoms with E-state index in [2.05, 4.69) is 15.5 Å². The van der Waals surface area contributed by atoms with Gasteiger partial charge in [-0.3, -0.25) is 4.79 Å². The van der Waals surface area contributed by atoms with Crippen molar-refractivity contribution in [2.75, 3.05) is 20.1 Å². The monoisotopic (exact) mass is 382 g/mol. The maximum atomic E-state index is 13.6. The minimum absolute atomic E-state index is 0. The van der Waals surface area contributed by atoms with Crippen molar-refractivity contribution in [1.82, 2.24) is 20.4 Å². The first kappa shape index (κ1) is 20.3. The zero-order chi connectivity index (χ0) is 17.8. The van der Waals surface area contributed by atoms with Gasteiger partial charge in [-0.1, -0.05) is 17.3 Å². The number of hydrogen-bond donors (Lipinski definition) is 1. The van der Waals surface area contributed by atoms with Gasteiger partial charge in [0.05, 0.1) is 0 Å². The summed E-state index contributed by atoms with van der Waals surface area (Å²) >= 11 is 0. The molecule has 2 aromatic rings. The lowest BCUT2D eigenvalue weighted by Gasteiger charge is -2.31. The van der Waals surface area contributed by atoms with Crippen molar-refractivity contribution in [2.45, 2.75) is 38.6 Å². The summed E-state index contributed by atoms with van der Waals surface area (Å²) in [6.07, 6.45) is 2.69. The molecule has 1 aliphatic rings. The van der Waals surface area contributed by atoms with E-state index in [-0.39, 0.29) is 24.1 Å². The van der Waals surface area contributed by atoms with E-state index in [0.717, 1.165) is 25.9 Å². The Hall–Kier alpha value is -1.99. The summed E-state index contributed by atoms with van der Waals surface area (Å²) in [5.74, 6) is 0.547. The van der Waals surface area contributed by atoms with Crippen LogP contribution in [0.1, 0.15) is 30.7 Å². The van der Waals surface area contributed by atoms with Crippen LogP contribution in [0.2, 0.25) is 0 Å². The molecule has 0 atom stereocenters. The van der Waals surface area contributed by atoms with Crippen molar-refractivity contribution in [3.63, 3.8) is 0 Å². The van der Waals surface area contributed by atoms with Crippen LogP contribution in [0.3, 0.4) is 0 Å². The van der Waals surface area contributed by atoms with Gasteiger partial charge in [0.15, 0.2) is 0 Å². The number of aryl methyl sites for hydroxylation is 2. The van der Waals surface area contributed by atoms with E-state index in [1.165, 1.54) is 6.07 Å². The van der Waals surface area contributed by atoms with E-state index in [9.17, 15) is 9.18 Å². The molecular formula is C18H24ClFN4O2. The Morgan fingerprint density at radius 3 is 2.77 bits per heavy atom. The molecule has 0 spiro atoms. The molecule has 1 N–H and O–H groups in total. The fraction of sp³-hybridized carbons (Fsp3) is 0.500. The standard InChI is InChI=1S/C18H23FN4O2.ClH/c1-12-3-4-13(11-15(12)19)18-21-16(25-22-18)5-6-17(24)23-9-7-14(20-2)8-10-23;/h3-4,11,14,20H,5-10H2,1-2H3;1H. The first-order chi connectivity index (χ1) is 12.1. The Morgan fingerprint density at radius 2 is 2.12 bits per heavy atom. The van der Waals surface area contributed by atoms with E-state index in [0.29, 0.717) is 41.7 Å². The Balaban J connectivity index is 0.00000243. The Kier molecular flexibility index (Phi) is 7.11. The summed E-state index contributed by atoms with van der Waals surface area (Å²) in [5, 5.41) is 7.13. The lowest BCUT2D eigenvalue weighted by molar-refractivity contribution is -0.132. The van der Waals surface area contributed by atoms with E-state index in [1.807, 2.05) is 11.9 Å². The first-order valence-corrected chi connectivity index (χ1v) is 8.61. The van der Waals surface area contributed by atoms with Crippen LogP contribution in [0.25, 0.3) is 11.4 Å². The zero-order valence-corrected chi connectivity index (χ0v) is 15.8. The number of likely N-dealkylation sites (tertiary alicyclic amines) is 1. The zero-order valence-electron chi connectivity index (χ0n) is 15.0. The van der Waals surface area contributed by atoms with Crippen LogP contribution in [0.15, 0.2) is 22.7 Å². The van der Waals surface area contributed by atoms with Crippen molar-refractivity contribution >= 4 is 18.3 Å². The molecular weight excluding hydrogens is 359 g/mol. The summed E-state index contributed by atoms with van der Waals surface area (Å²) in [7, 11) is 1.95. The third kappa shape index (κ3) is 4.80. The van der Waals surface area contributed by atoms with Gasteiger partial charge < -0.3 is 14.7 Å². The average molecular weight is 383 g/mol. The molecule has 1 aromatic carbocycles. The van der Waals surface area contributed by atoms with Gasteiger partial charge in [0.1, 0.15) is 5.82 Å². The van der Waals surface area contributed by atoms with Crippen LogP contribution in [0.4, 0.5) is 4.39 Å². The summed E-state index contributed by atoms with van der Waals surface area (Å²) < 4.78 is 18.8. The number of piperidine rings is 1. The summed E-state index contributed by atoms with van der Waals surface area (Å²) in [6.45, 7) is 3.26. The lowest BCUT2D eigenvalue weighted by Crippen LogP contribution is -2.44. The second kappa shape index (κ2) is 9.09. The van der Waals surface area contributed by atoms with Crippen LogP contribution < -0.4 is 5.32 Å². The molecule has 6 nitrogen and oxygen atoms in total. The van der Waals surface area contributed by atoms with Crippen molar-refractivity contribution in [3.8, 4) is 11.4 Å². The molecule has 1 aliphatic heterocycles. The minimum atomic E-state index is -0.302. The highest BCUT2D eigenvalue weighted by molar-refractivity contribution is 5.85. The van der Waals surface area contributed by atoms with Gasteiger partial charge in [0.2, 0.25) is 17.6 Å². The molecule has 142 valence electrons. The molecule has 0 unspecified atom stereocenters. The van der Waals surface area contributed by atoms with Crippen molar-refractivity contribution in [1.29, 1.82) is 0 Å². The van der Waals surface area contributed by atoms with Gasteiger partial charge in [-0.15, -0.1) is 12.4 Å². The van der Waals surface area contributed by atoms with Crippen LogP contribution in [-0.4, -0.2) is 47.1 Å². The number of carbonyl (C=O) groups excluding carboxylic acids is 1. The van der Waals surface area contributed by atoms with Crippen LogP contribution in [-0.2, 0) is 11.2 Å². The highest BCUT2D eigenvalue weighted by Gasteiger charge is 2.22. The molecule has 3 rings (SSSR count). The van der Waals surface area contributed by atoms with Crippen molar-refractivity contribution in [2.24, 2.45) is 0 Å². The third-order valence-corrected chi connectivity index (χ3v) is 4.71. The molecule has 8 heteroatoms. The quantitative estimate of drug-likeness (QED) is 0.860. The lowest BCUT2D eigenvalue weighted by atomic mass is 10.0. The molecule has 0 bridgehead atoms. The van der Waals surface area contributed by atoms with E-state index < -0.39 is 0 Å². The molecule has 0 radical (unpaired) electrons. The second-order valence-electron chi connectivity index (χ2n) is 6.42. The number of carbonyl (C=O) groups is 1. The second-order valence-corrected chi connectivity index (χ2v) is 6.42. The highest BCUT2D eigenvalue weighted by atomic mass is 35.5. The van der Waals surface area contributed by atoms with Gasteiger partial charge >= 0.3 is 0 Å². The Labute approximate surface area is 158 Å². The fourth-order valence-corrected chi connectivity index (χ4v) is 3.00. The fourth-order valence-electron chi connectivity index (χ4n) is 3.00. The maximum Gasteiger partial charge on any atom is 0.227 e. The predicted octanol–water partition coefficient (Wildman–Crippen LogP) is 2.75. The van der Waals surface area contributed by atoms with Gasteiger partial charge in [-0.2, -0.15) is 4.98 Å². The third-order valence-electron chi connectivity index (χ3n) is 4.71. The number of halogens is 2. The molecule has 26 heavy (non-hydrogen) atoms. The van der Waals surface area contributed by atoms with Crippen LogP contribution in [0.5, 0.6) is 0 Å². The van der Waals surface area contributed by atoms with Crippen molar-refractivity contribution in [3.05, 3.63) is 35.5 Å². The van der Waals surface area contributed by atoms with Gasteiger partial charge in [-0.05, 0) is 38.4 Å². The van der Waals surface area contributed by atoms with Crippen LogP contribution in [0, 0.1) is 12.7 Å². The Morgan fingerprint density at radius 1 is 1.38 bits per heavy atom. The normalized spacial score (nSPS) is 15.0. The molecule has 1 saturated heterocycles. The number of amides is 1. The molecule has 1 aromatic heterocycles. The van der Waals surface area contributed by atoms with Crippen molar-refractivity contribution < 1.29 is 13.7 Å². The first-order valence-electron chi connectivity index (χ1n) is 8.61. The molecule has 0 saturated carbocycles. The SMILES string of the molecule is CNC1CCN(C(=O)CCc2nc(-c3ccc(C)c(F)c3)no2)CC1.Cl. The molecule has 1 fully saturated rings. The number of nitrogens with zero attached hydrogens (tertiary/aromatic N) is 3. The van der Waals surface area contributed by atoms with E-state index >= 15 is 0 Å². The number of nitrogens with one attached hydrogen (secondary N) is 1. The maximum absolute atomic E-state index is 13.6. The topological polar surface area (TPSA) is 71.3 Å². The van der Waals surface area contributed by atoms with Gasteiger partial charge in [0.25, 0.3) is 0 Å². The van der Waals surface area contributed by atoms with E-state index in [1.54, 1.807) is 19.1 Å². The summed E-state index contributed by atoms with van der Waals surface area (Å²) in [5.41, 5.74) is 1.14. The molecule has 0 aliphatic carbocycles. The predicted molar refractivity (Wildman–Crippen MR) is 98.7 cm³/mol. The molecule has 1 amide bonds. The number of benzene rings is 1. The minimum Gasteiger partial charge on any atom is -0.343 e. The summed E-state index contributed by atoms with van der Waals surface area (Å²) in [6, 6.07) is 5.32. The van der Waals surface area contributed by atoms with Crippen LogP contribution >= 0.6 is 12.4 Å². The Bertz CT molecular complexity index is 745. The highest BCUT2D eigenvalue weighted by Crippen LogP contribution is 2.19. The van der Waals surface area contributed by atoms with Gasteiger partial charge in [-0.25, -0.2) is 4.39 Å². The van der Waals surface area contributed by atoms with E-state index in [4.69, 9.17) is 4.52 Å².